The maximum absolute atomic E-state index is 12.4. The molecule has 1 amide bonds. The van der Waals surface area contributed by atoms with Crippen molar-refractivity contribution in [2.24, 2.45) is 0 Å². The van der Waals surface area contributed by atoms with Gasteiger partial charge in [0.1, 0.15) is 0 Å². The van der Waals surface area contributed by atoms with Gasteiger partial charge in [0.2, 0.25) is 11.8 Å². The smallest absolute Gasteiger partial charge is 0.307 e. The maximum atomic E-state index is 12.4. The Balaban J connectivity index is 1.65. The average molecular weight is 507 g/mol. The lowest BCUT2D eigenvalue weighted by atomic mass is 9.97. The van der Waals surface area contributed by atoms with Crippen LogP contribution in [0.15, 0.2) is 52.9 Å². The van der Waals surface area contributed by atoms with E-state index in [1.807, 2.05) is 45.0 Å². The fraction of sp³-hybridized carbons (Fsp3) is 0.448. The monoisotopic (exact) mass is 506 g/mol. The molecule has 8 heteroatoms. The van der Waals surface area contributed by atoms with Crippen molar-refractivity contribution in [3.05, 3.63) is 65.5 Å². The van der Waals surface area contributed by atoms with Crippen molar-refractivity contribution in [3.8, 4) is 11.5 Å². The fourth-order valence-electron chi connectivity index (χ4n) is 3.76. The van der Waals surface area contributed by atoms with E-state index in [1.165, 1.54) is 0 Å². The van der Waals surface area contributed by atoms with Gasteiger partial charge in [0.15, 0.2) is 0 Å². The molecule has 2 aromatic carbocycles. The predicted octanol–water partition coefficient (Wildman–Crippen LogP) is 6.06. The largest absolute Gasteiger partial charge is 0.466 e. The van der Waals surface area contributed by atoms with Crippen molar-refractivity contribution in [2.75, 3.05) is 18.5 Å². The van der Waals surface area contributed by atoms with E-state index in [0.717, 1.165) is 36.1 Å². The van der Waals surface area contributed by atoms with Gasteiger partial charge in [0.25, 0.3) is 5.91 Å². The van der Waals surface area contributed by atoms with Crippen LogP contribution >= 0.6 is 0 Å². The Labute approximate surface area is 219 Å². The number of hydrogen-bond acceptors (Lipinski definition) is 7. The molecule has 0 saturated carbocycles. The SMILES string of the molecule is CCCCC(Nc1ccc(C(=O)NCCC(=O)OCC)cc1)c1ccc(-c2nnc(C(C)(C)C)o2)cc1. The second-order valence-corrected chi connectivity index (χ2v) is 10.0. The zero-order valence-electron chi connectivity index (χ0n) is 22.5. The molecular weight excluding hydrogens is 468 g/mol. The Morgan fingerprint density at radius 3 is 2.30 bits per heavy atom. The van der Waals surface area contributed by atoms with Crippen molar-refractivity contribution in [3.63, 3.8) is 0 Å². The first kappa shape index (κ1) is 27.9. The highest BCUT2D eigenvalue weighted by molar-refractivity contribution is 5.94. The van der Waals surface area contributed by atoms with Crippen molar-refractivity contribution >= 4 is 17.6 Å². The Morgan fingerprint density at radius 2 is 1.70 bits per heavy atom. The molecule has 3 rings (SSSR count). The molecule has 1 aromatic heterocycles. The number of nitrogens with zero attached hydrogens (tertiary/aromatic N) is 2. The molecule has 0 aliphatic carbocycles. The number of ether oxygens (including phenoxy) is 1. The van der Waals surface area contributed by atoms with Gasteiger partial charge in [-0.15, -0.1) is 10.2 Å². The van der Waals surface area contributed by atoms with Gasteiger partial charge < -0.3 is 19.8 Å². The Bertz CT molecular complexity index is 1150. The van der Waals surface area contributed by atoms with Gasteiger partial charge in [-0.3, -0.25) is 9.59 Å². The number of unbranched alkanes of at least 4 members (excludes halogenated alkanes) is 1. The summed E-state index contributed by atoms with van der Waals surface area (Å²) in [7, 11) is 0. The van der Waals surface area contributed by atoms with Crippen LogP contribution in [0.3, 0.4) is 0 Å². The number of amides is 1. The second kappa shape index (κ2) is 13.0. The molecule has 0 radical (unpaired) electrons. The van der Waals surface area contributed by atoms with Crippen molar-refractivity contribution < 1.29 is 18.7 Å². The van der Waals surface area contributed by atoms with E-state index in [9.17, 15) is 9.59 Å². The highest BCUT2D eigenvalue weighted by Crippen LogP contribution is 2.29. The maximum Gasteiger partial charge on any atom is 0.307 e. The minimum Gasteiger partial charge on any atom is -0.466 e. The molecule has 0 saturated heterocycles. The number of esters is 1. The van der Waals surface area contributed by atoms with Crippen molar-refractivity contribution in [1.82, 2.24) is 15.5 Å². The first-order valence-corrected chi connectivity index (χ1v) is 13.0. The van der Waals surface area contributed by atoms with E-state index >= 15 is 0 Å². The van der Waals surface area contributed by atoms with Crippen LogP contribution in [-0.4, -0.2) is 35.2 Å². The molecule has 3 aromatic rings. The zero-order chi connectivity index (χ0) is 26.8. The van der Waals surface area contributed by atoms with Gasteiger partial charge in [-0.05, 0) is 55.3 Å². The topological polar surface area (TPSA) is 106 Å². The first-order chi connectivity index (χ1) is 17.7. The second-order valence-electron chi connectivity index (χ2n) is 10.0. The van der Waals surface area contributed by atoms with Crippen LogP contribution in [0.4, 0.5) is 5.69 Å². The van der Waals surface area contributed by atoms with E-state index < -0.39 is 0 Å². The van der Waals surface area contributed by atoms with Crippen LogP contribution in [0.25, 0.3) is 11.5 Å². The van der Waals surface area contributed by atoms with E-state index in [4.69, 9.17) is 9.15 Å². The number of anilines is 1. The standard InChI is InChI=1S/C29H38N4O4/c1-6-8-9-24(20-10-12-22(13-11-20)27-32-33-28(37-27)29(3,4)5)31-23-16-14-21(15-17-23)26(35)30-19-18-25(34)36-7-2/h10-17,24,31H,6-9,18-19H2,1-5H3,(H,30,35). The molecule has 0 spiro atoms. The van der Waals surface area contributed by atoms with E-state index in [1.54, 1.807) is 19.1 Å². The van der Waals surface area contributed by atoms with Crippen LogP contribution in [-0.2, 0) is 14.9 Å². The number of benzene rings is 2. The van der Waals surface area contributed by atoms with E-state index in [-0.39, 0.29) is 36.3 Å². The molecule has 198 valence electrons. The fourth-order valence-corrected chi connectivity index (χ4v) is 3.76. The molecular formula is C29H38N4O4. The average Bonchev–Trinajstić information content (AvgIpc) is 3.38. The third-order valence-corrected chi connectivity index (χ3v) is 5.88. The minimum absolute atomic E-state index is 0.117. The number of carbonyl (C=O) groups excluding carboxylic acids is 2. The number of aromatic nitrogens is 2. The van der Waals surface area contributed by atoms with Gasteiger partial charge in [0.05, 0.1) is 19.1 Å². The van der Waals surface area contributed by atoms with Gasteiger partial charge >= 0.3 is 5.97 Å². The zero-order valence-corrected chi connectivity index (χ0v) is 22.5. The Hall–Kier alpha value is -3.68. The molecule has 37 heavy (non-hydrogen) atoms. The third-order valence-electron chi connectivity index (χ3n) is 5.88. The first-order valence-electron chi connectivity index (χ1n) is 13.0. The lowest BCUT2D eigenvalue weighted by Crippen LogP contribution is -2.26. The van der Waals surface area contributed by atoms with Crippen LogP contribution in [0.5, 0.6) is 0 Å². The summed E-state index contributed by atoms with van der Waals surface area (Å²) in [5, 5.41) is 14.8. The number of rotatable bonds is 12. The quantitative estimate of drug-likeness (QED) is 0.288. The number of hydrogen-bond donors (Lipinski definition) is 2. The predicted molar refractivity (Wildman–Crippen MR) is 144 cm³/mol. The molecule has 1 unspecified atom stereocenters. The molecule has 8 nitrogen and oxygen atoms in total. The summed E-state index contributed by atoms with van der Waals surface area (Å²) in [5.74, 6) is 0.598. The number of carbonyl (C=O) groups is 2. The van der Waals surface area contributed by atoms with E-state index in [2.05, 4.69) is 39.9 Å². The molecule has 1 heterocycles. The molecule has 0 fully saturated rings. The molecule has 2 N–H and O–H groups in total. The number of nitrogens with one attached hydrogen (secondary N) is 2. The highest BCUT2D eigenvalue weighted by Gasteiger charge is 2.22. The highest BCUT2D eigenvalue weighted by atomic mass is 16.5. The molecule has 0 aliphatic heterocycles. The van der Waals surface area contributed by atoms with E-state index in [0.29, 0.717) is 24.0 Å². The van der Waals surface area contributed by atoms with Crippen LogP contribution in [0, 0.1) is 0 Å². The van der Waals surface area contributed by atoms with Crippen molar-refractivity contribution in [1.29, 1.82) is 0 Å². The normalized spacial score (nSPS) is 12.1. The summed E-state index contributed by atoms with van der Waals surface area (Å²) in [4.78, 5) is 23.8. The lowest BCUT2D eigenvalue weighted by molar-refractivity contribution is -0.142. The van der Waals surface area contributed by atoms with Crippen molar-refractivity contribution in [2.45, 2.75) is 71.8 Å². The molecule has 1 atom stereocenters. The minimum atomic E-state index is -0.319. The summed E-state index contributed by atoms with van der Waals surface area (Å²) in [6.45, 7) is 10.6. The van der Waals surface area contributed by atoms with Crippen LogP contribution < -0.4 is 10.6 Å². The van der Waals surface area contributed by atoms with Gasteiger partial charge in [-0.25, -0.2) is 0 Å². The summed E-state index contributed by atoms with van der Waals surface area (Å²) in [6, 6.07) is 15.7. The van der Waals surface area contributed by atoms with Crippen LogP contribution in [0.1, 0.15) is 88.2 Å². The summed E-state index contributed by atoms with van der Waals surface area (Å²) in [6.07, 6.45) is 3.31. The third kappa shape index (κ3) is 8.17. The summed E-state index contributed by atoms with van der Waals surface area (Å²) in [5.41, 5.74) is 3.32. The van der Waals surface area contributed by atoms with Gasteiger partial charge in [0, 0.05) is 28.8 Å². The van der Waals surface area contributed by atoms with Gasteiger partial charge in [-0.1, -0.05) is 52.7 Å². The Morgan fingerprint density at radius 1 is 1.00 bits per heavy atom. The summed E-state index contributed by atoms with van der Waals surface area (Å²) < 4.78 is 10.8. The molecule has 0 aliphatic rings. The van der Waals surface area contributed by atoms with Crippen LogP contribution in [0.2, 0.25) is 0 Å². The summed E-state index contributed by atoms with van der Waals surface area (Å²) >= 11 is 0. The lowest BCUT2D eigenvalue weighted by Gasteiger charge is -2.21. The van der Waals surface area contributed by atoms with Gasteiger partial charge in [-0.2, -0.15) is 0 Å². The molecule has 0 bridgehead atoms. The Kier molecular flexibility index (Phi) is 9.83.